The molecule has 9 heteroatoms. The second-order valence-electron chi connectivity index (χ2n) is 11.8. The summed E-state index contributed by atoms with van der Waals surface area (Å²) in [6.45, 7) is 0.428. The molecule has 0 aliphatic heterocycles. The molecule has 0 spiro atoms. The summed E-state index contributed by atoms with van der Waals surface area (Å²) in [6.07, 6.45) is 1.62. The average Bonchev–Trinajstić information content (AvgIpc) is 3.21. The number of methoxy groups -OCH3 is 1. The van der Waals surface area contributed by atoms with E-state index in [4.69, 9.17) is 9.47 Å². The number of thioether (sulfide) groups is 1. The fourth-order valence-corrected chi connectivity index (χ4v) is 6.30. The molecule has 1 atom stereocenters. The molecule has 264 valence electrons. The topological polar surface area (TPSA) is 106 Å². The van der Waals surface area contributed by atoms with Crippen LogP contribution in [0.2, 0.25) is 0 Å². The van der Waals surface area contributed by atoms with Crippen LogP contribution in [0, 0.1) is 0 Å². The lowest BCUT2D eigenvalue weighted by atomic mass is 10.1. The molecule has 6 rings (SSSR count). The van der Waals surface area contributed by atoms with Gasteiger partial charge in [-0.05, 0) is 83.4 Å². The number of amides is 3. The maximum Gasteiger partial charge on any atom is 0.272 e. The van der Waals surface area contributed by atoms with E-state index in [0.717, 1.165) is 16.0 Å². The van der Waals surface area contributed by atoms with Crippen molar-refractivity contribution in [3.05, 3.63) is 192 Å². The van der Waals surface area contributed by atoms with Crippen molar-refractivity contribution >= 4 is 46.9 Å². The van der Waals surface area contributed by atoms with Gasteiger partial charge in [0.25, 0.3) is 11.8 Å². The van der Waals surface area contributed by atoms with Crippen molar-refractivity contribution in [2.24, 2.45) is 0 Å². The van der Waals surface area contributed by atoms with Crippen molar-refractivity contribution < 1.29 is 23.9 Å². The summed E-state index contributed by atoms with van der Waals surface area (Å²) in [4.78, 5) is 41.2. The summed E-state index contributed by atoms with van der Waals surface area (Å²) < 4.78 is 11.2. The molecule has 6 aromatic carbocycles. The van der Waals surface area contributed by atoms with Gasteiger partial charge in [-0.25, -0.2) is 0 Å². The summed E-state index contributed by atoms with van der Waals surface area (Å²) >= 11 is 1.39. The zero-order valence-electron chi connectivity index (χ0n) is 28.9. The molecule has 0 fully saturated rings. The molecule has 53 heavy (non-hydrogen) atoms. The molecule has 3 N–H and O–H groups in total. The molecule has 0 bridgehead atoms. The monoisotopic (exact) mass is 719 g/mol. The Hall–Kier alpha value is -6.58. The first-order valence-corrected chi connectivity index (χ1v) is 17.7. The Morgan fingerprint density at radius 3 is 2.00 bits per heavy atom. The van der Waals surface area contributed by atoms with Crippen molar-refractivity contribution in [1.29, 1.82) is 0 Å². The molecule has 1 unspecified atom stereocenters. The van der Waals surface area contributed by atoms with Crippen LogP contribution < -0.4 is 25.4 Å². The van der Waals surface area contributed by atoms with E-state index in [2.05, 4.69) is 16.0 Å². The normalized spacial score (nSPS) is 11.5. The third-order valence-electron chi connectivity index (χ3n) is 8.01. The van der Waals surface area contributed by atoms with Gasteiger partial charge >= 0.3 is 0 Å². The molecule has 0 aromatic heterocycles. The van der Waals surface area contributed by atoms with E-state index in [0.29, 0.717) is 40.6 Å². The van der Waals surface area contributed by atoms with Crippen LogP contribution in [-0.2, 0) is 16.2 Å². The van der Waals surface area contributed by atoms with Crippen LogP contribution in [-0.4, -0.2) is 24.8 Å². The first-order chi connectivity index (χ1) is 25.9. The van der Waals surface area contributed by atoms with Crippen molar-refractivity contribution in [3.8, 4) is 11.5 Å². The predicted octanol–water partition coefficient (Wildman–Crippen LogP) is 9.16. The van der Waals surface area contributed by atoms with Gasteiger partial charge in [0.15, 0.2) is 0 Å². The van der Waals surface area contributed by atoms with Gasteiger partial charge < -0.3 is 25.4 Å². The highest BCUT2D eigenvalue weighted by Crippen LogP contribution is 2.37. The van der Waals surface area contributed by atoms with Crippen molar-refractivity contribution in [3.63, 3.8) is 0 Å². The van der Waals surface area contributed by atoms with Crippen LogP contribution in [0.1, 0.15) is 32.3 Å². The fraction of sp³-hybridized carbons (Fsp3) is 0.0682. The molecule has 0 saturated heterocycles. The Bertz CT molecular complexity index is 2160. The lowest BCUT2D eigenvalue weighted by Crippen LogP contribution is -2.30. The summed E-state index contributed by atoms with van der Waals surface area (Å²) in [5, 5.41) is 8.13. The molecule has 0 saturated carbocycles. The van der Waals surface area contributed by atoms with E-state index < -0.39 is 17.1 Å². The Kier molecular flexibility index (Phi) is 12.4. The molecule has 0 aliphatic carbocycles. The molecule has 0 radical (unpaired) electrons. The minimum Gasteiger partial charge on any atom is -0.497 e. The number of benzene rings is 6. The zero-order chi connectivity index (χ0) is 36.8. The van der Waals surface area contributed by atoms with Gasteiger partial charge in [0.1, 0.15) is 29.1 Å². The van der Waals surface area contributed by atoms with E-state index in [1.54, 1.807) is 55.7 Å². The Morgan fingerprint density at radius 2 is 1.32 bits per heavy atom. The molecule has 3 amide bonds. The molecule has 0 heterocycles. The van der Waals surface area contributed by atoms with Crippen LogP contribution >= 0.6 is 11.8 Å². The molecule has 6 aromatic rings. The molecule has 8 nitrogen and oxygen atoms in total. The van der Waals surface area contributed by atoms with Gasteiger partial charge in [-0.3, -0.25) is 14.4 Å². The number of ether oxygens (including phenoxy) is 2. The second kappa shape index (κ2) is 18.1. The number of carbonyl (C=O) groups excluding carboxylic acids is 3. The van der Waals surface area contributed by atoms with Gasteiger partial charge in [0.05, 0.1) is 7.11 Å². The Labute approximate surface area is 312 Å². The van der Waals surface area contributed by atoms with Gasteiger partial charge in [-0.2, -0.15) is 0 Å². The molecular formula is C44H37N3O5S. The van der Waals surface area contributed by atoms with Crippen molar-refractivity contribution in [2.45, 2.75) is 16.8 Å². The summed E-state index contributed by atoms with van der Waals surface area (Å²) in [6, 6.07) is 49.8. The maximum atomic E-state index is 13.7. The van der Waals surface area contributed by atoms with Crippen LogP contribution in [0.25, 0.3) is 6.08 Å². The van der Waals surface area contributed by atoms with E-state index in [1.165, 1.54) is 11.8 Å². The van der Waals surface area contributed by atoms with Crippen LogP contribution in [0.5, 0.6) is 11.5 Å². The van der Waals surface area contributed by atoms with Crippen LogP contribution in [0.4, 0.5) is 11.4 Å². The third-order valence-corrected chi connectivity index (χ3v) is 9.28. The first-order valence-electron chi connectivity index (χ1n) is 16.9. The van der Waals surface area contributed by atoms with Crippen molar-refractivity contribution in [2.75, 3.05) is 17.7 Å². The zero-order valence-corrected chi connectivity index (χ0v) is 29.7. The minimum atomic E-state index is -0.555. The van der Waals surface area contributed by atoms with Gasteiger partial charge in [-0.15, -0.1) is 11.8 Å². The highest BCUT2D eigenvalue weighted by Gasteiger charge is 2.23. The standard InChI is InChI=1S/C44H37N3O5S/c1-51-38-19-11-18-36(29-38)46-44(50)41(33-14-7-3-8-15-33)53-39-26-22-35(23-27-39)45-43(49)40(47-42(48)34-16-9-4-10-17-34)28-31-20-24-37(25-21-31)52-30-32-12-5-2-6-13-32/h2-29,41H,30H2,1H3,(H,45,49)(H,46,50)(H,47,48)/b40-28-. The smallest absolute Gasteiger partial charge is 0.272 e. The fourth-order valence-electron chi connectivity index (χ4n) is 5.27. The van der Waals surface area contributed by atoms with Crippen molar-refractivity contribution in [1.82, 2.24) is 5.32 Å². The van der Waals surface area contributed by atoms with Crippen LogP contribution in [0.3, 0.4) is 0 Å². The number of carbonyl (C=O) groups is 3. The highest BCUT2D eigenvalue weighted by molar-refractivity contribution is 8.00. The minimum absolute atomic E-state index is 0.0635. The van der Waals surface area contributed by atoms with Gasteiger partial charge in [0, 0.05) is 27.9 Å². The number of hydrogen-bond donors (Lipinski definition) is 3. The van der Waals surface area contributed by atoms with E-state index in [1.807, 2.05) is 121 Å². The summed E-state index contributed by atoms with van der Waals surface area (Å²) in [7, 11) is 1.58. The highest BCUT2D eigenvalue weighted by atomic mass is 32.2. The average molecular weight is 720 g/mol. The van der Waals surface area contributed by atoms with Crippen LogP contribution in [0.15, 0.2) is 174 Å². The van der Waals surface area contributed by atoms with E-state index in [9.17, 15) is 14.4 Å². The lowest BCUT2D eigenvalue weighted by molar-refractivity contribution is -0.116. The maximum absolute atomic E-state index is 13.7. The lowest BCUT2D eigenvalue weighted by Gasteiger charge is -2.18. The summed E-state index contributed by atoms with van der Waals surface area (Å²) in [5.41, 5.74) is 4.22. The Morgan fingerprint density at radius 1 is 0.660 bits per heavy atom. The molecular weight excluding hydrogens is 683 g/mol. The van der Waals surface area contributed by atoms with E-state index in [-0.39, 0.29) is 11.6 Å². The number of hydrogen-bond acceptors (Lipinski definition) is 6. The second-order valence-corrected chi connectivity index (χ2v) is 13.0. The number of rotatable bonds is 14. The first kappa shape index (κ1) is 36.2. The molecule has 0 aliphatic rings. The van der Waals surface area contributed by atoms with Gasteiger partial charge in [-0.1, -0.05) is 97.1 Å². The third kappa shape index (κ3) is 10.5. The Balaban J connectivity index is 1.16. The predicted molar refractivity (Wildman–Crippen MR) is 211 cm³/mol. The largest absolute Gasteiger partial charge is 0.497 e. The van der Waals surface area contributed by atoms with Gasteiger partial charge in [0.2, 0.25) is 5.91 Å². The SMILES string of the molecule is COc1cccc(NC(=O)C(Sc2ccc(NC(=O)/C(=C/c3ccc(OCc4ccccc4)cc3)NC(=O)c3ccccc3)cc2)c2ccccc2)c1. The quantitative estimate of drug-likeness (QED) is 0.0766. The summed E-state index contributed by atoms with van der Waals surface area (Å²) in [5.74, 6) is 0.214. The number of nitrogens with one attached hydrogen (secondary N) is 3. The van der Waals surface area contributed by atoms with E-state index >= 15 is 0 Å². The number of anilines is 2.